The van der Waals surface area contributed by atoms with Gasteiger partial charge in [0, 0.05) is 7.11 Å². The van der Waals surface area contributed by atoms with Gasteiger partial charge in [-0.05, 0) is 30.0 Å². The van der Waals surface area contributed by atoms with E-state index in [2.05, 4.69) is 34.6 Å². The van der Waals surface area contributed by atoms with Crippen molar-refractivity contribution in [1.29, 1.82) is 0 Å². The van der Waals surface area contributed by atoms with Crippen LogP contribution in [-0.4, -0.2) is 15.4 Å². The summed E-state index contributed by atoms with van der Waals surface area (Å²) < 4.78 is 6.13. The molecule has 0 N–H and O–H groups in total. The molecule has 0 atom stereocenters. The largest absolute Gasteiger partial charge is 0.420 e. The maximum atomic E-state index is 6.13. The zero-order valence-electron chi connectivity index (χ0n) is 14.4. The van der Waals surface area contributed by atoms with Gasteiger partial charge >= 0.3 is 0 Å². The van der Waals surface area contributed by atoms with Gasteiger partial charge in [-0.25, -0.2) is 0 Å². The Balaban J connectivity index is 4.16. The van der Waals surface area contributed by atoms with E-state index < -0.39 is 8.32 Å². The van der Waals surface area contributed by atoms with Crippen molar-refractivity contribution in [3.63, 3.8) is 0 Å². The first-order valence-corrected chi connectivity index (χ1v) is 11.0. The molecule has 0 fully saturated rings. The average Bonchev–Trinajstić information content (AvgIpc) is 2.31. The first-order valence-electron chi connectivity index (χ1n) is 8.51. The first kappa shape index (κ1) is 19.2. The molecule has 0 radical (unpaired) electrons. The highest BCUT2D eigenvalue weighted by atomic mass is 28.4. The van der Waals surface area contributed by atoms with Gasteiger partial charge in [0.05, 0.1) is 0 Å². The second-order valence-corrected chi connectivity index (χ2v) is 11.2. The zero-order valence-corrected chi connectivity index (χ0v) is 15.4. The summed E-state index contributed by atoms with van der Waals surface area (Å²) in [5.74, 6) is 1.57. The summed E-state index contributed by atoms with van der Waals surface area (Å²) >= 11 is 0. The number of hydrogen-bond donors (Lipinski definition) is 0. The maximum Gasteiger partial charge on any atom is 0.192 e. The Morgan fingerprint density at radius 2 is 1.26 bits per heavy atom. The summed E-state index contributed by atoms with van der Waals surface area (Å²) in [7, 11) is 0.516. The van der Waals surface area contributed by atoms with Gasteiger partial charge < -0.3 is 4.43 Å². The Morgan fingerprint density at radius 3 is 1.68 bits per heavy atom. The standard InChI is InChI=1S/C17H38OSi/c1-7-8-9-10-11-12-13-19(18-6,14-16(2)3)15-17(4)5/h16-17H,7-15H2,1-6H3. The predicted molar refractivity (Wildman–Crippen MR) is 90.2 cm³/mol. The molecular weight excluding hydrogens is 248 g/mol. The van der Waals surface area contributed by atoms with Crippen molar-refractivity contribution in [2.45, 2.75) is 91.3 Å². The highest BCUT2D eigenvalue weighted by Gasteiger charge is 2.34. The van der Waals surface area contributed by atoms with E-state index in [4.69, 9.17) is 4.43 Å². The molecule has 0 unspecified atom stereocenters. The lowest BCUT2D eigenvalue weighted by Gasteiger charge is -2.33. The summed E-state index contributed by atoms with van der Waals surface area (Å²) in [4.78, 5) is 0. The van der Waals surface area contributed by atoms with E-state index >= 15 is 0 Å². The average molecular weight is 287 g/mol. The quantitative estimate of drug-likeness (QED) is 0.304. The van der Waals surface area contributed by atoms with Crippen LogP contribution in [0.1, 0.15) is 73.1 Å². The van der Waals surface area contributed by atoms with Crippen LogP contribution in [0.5, 0.6) is 0 Å². The van der Waals surface area contributed by atoms with Crippen molar-refractivity contribution in [1.82, 2.24) is 0 Å². The molecule has 0 aliphatic rings. The van der Waals surface area contributed by atoms with E-state index in [1.807, 2.05) is 7.11 Å². The fourth-order valence-corrected chi connectivity index (χ4v) is 8.25. The fourth-order valence-electron chi connectivity index (χ4n) is 3.27. The van der Waals surface area contributed by atoms with Crippen molar-refractivity contribution >= 4 is 8.32 Å². The van der Waals surface area contributed by atoms with Crippen LogP contribution in [0.2, 0.25) is 18.1 Å². The molecule has 2 heteroatoms. The minimum Gasteiger partial charge on any atom is -0.420 e. The molecule has 116 valence electrons. The molecule has 0 saturated heterocycles. The SMILES string of the molecule is CCCCCCCC[Si](CC(C)C)(CC(C)C)OC. The van der Waals surface area contributed by atoms with Crippen molar-refractivity contribution < 1.29 is 4.43 Å². The second kappa shape index (κ2) is 10.9. The lowest BCUT2D eigenvalue weighted by Crippen LogP contribution is -2.39. The van der Waals surface area contributed by atoms with Gasteiger partial charge in [0.2, 0.25) is 0 Å². The molecule has 0 bridgehead atoms. The third-order valence-corrected chi connectivity index (χ3v) is 9.23. The Hall–Kier alpha value is 0.177. The van der Waals surface area contributed by atoms with Gasteiger partial charge in [-0.1, -0.05) is 73.1 Å². The van der Waals surface area contributed by atoms with Crippen LogP contribution < -0.4 is 0 Å². The summed E-state index contributed by atoms with van der Waals surface area (Å²) in [6.45, 7) is 11.7. The second-order valence-electron chi connectivity index (χ2n) is 7.10. The Bertz CT molecular complexity index is 191. The minimum absolute atomic E-state index is 0.783. The third-order valence-electron chi connectivity index (χ3n) is 3.98. The predicted octanol–water partition coefficient (Wildman–Crippen LogP) is 6.25. The van der Waals surface area contributed by atoms with Gasteiger partial charge in [0.1, 0.15) is 0 Å². The Labute approximate surface area is 123 Å². The van der Waals surface area contributed by atoms with Crippen molar-refractivity contribution in [2.75, 3.05) is 7.11 Å². The number of rotatable bonds is 12. The van der Waals surface area contributed by atoms with E-state index in [-0.39, 0.29) is 0 Å². The van der Waals surface area contributed by atoms with Crippen LogP contribution in [0.4, 0.5) is 0 Å². The van der Waals surface area contributed by atoms with Crippen molar-refractivity contribution in [3.8, 4) is 0 Å². The van der Waals surface area contributed by atoms with E-state index in [0.717, 1.165) is 11.8 Å². The molecule has 0 heterocycles. The summed E-state index contributed by atoms with van der Waals surface area (Å²) in [6, 6.07) is 4.07. The normalized spacial score (nSPS) is 12.6. The van der Waals surface area contributed by atoms with Crippen molar-refractivity contribution in [2.24, 2.45) is 11.8 Å². The highest BCUT2D eigenvalue weighted by Crippen LogP contribution is 2.31. The molecule has 19 heavy (non-hydrogen) atoms. The van der Waals surface area contributed by atoms with Gasteiger partial charge in [-0.3, -0.25) is 0 Å². The number of unbranched alkanes of at least 4 members (excludes halogenated alkanes) is 5. The van der Waals surface area contributed by atoms with Crippen molar-refractivity contribution in [3.05, 3.63) is 0 Å². The topological polar surface area (TPSA) is 9.23 Å². The first-order chi connectivity index (χ1) is 8.95. The van der Waals surface area contributed by atoms with Gasteiger partial charge in [0.15, 0.2) is 8.32 Å². The molecule has 0 aromatic heterocycles. The Morgan fingerprint density at radius 1 is 0.789 bits per heavy atom. The lowest BCUT2D eigenvalue weighted by molar-refractivity contribution is 0.370. The molecule has 0 aromatic carbocycles. The lowest BCUT2D eigenvalue weighted by atomic mass is 10.1. The molecule has 0 aliphatic carbocycles. The molecular formula is C17H38OSi. The molecule has 0 saturated carbocycles. The Kier molecular flexibility index (Phi) is 11.0. The highest BCUT2D eigenvalue weighted by molar-refractivity contribution is 6.73. The number of hydrogen-bond acceptors (Lipinski definition) is 1. The molecule has 0 rings (SSSR count). The van der Waals surface area contributed by atoms with E-state index in [1.54, 1.807) is 0 Å². The third kappa shape index (κ3) is 9.67. The van der Waals surface area contributed by atoms with Gasteiger partial charge in [0.25, 0.3) is 0 Å². The molecule has 0 aromatic rings. The summed E-state index contributed by atoms with van der Waals surface area (Å²) in [5.41, 5.74) is 0. The minimum atomic E-state index is -1.46. The van der Waals surface area contributed by atoms with Gasteiger partial charge in [-0.2, -0.15) is 0 Å². The van der Waals surface area contributed by atoms with E-state index in [0.29, 0.717) is 0 Å². The molecule has 1 nitrogen and oxygen atoms in total. The monoisotopic (exact) mass is 286 g/mol. The van der Waals surface area contributed by atoms with Crippen LogP contribution in [-0.2, 0) is 4.43 Å². The molecule has 0 spiro atoms. The van der Waals surface area contributed by atoms with Crippen LogP contribution in [0.25, 0.3) is 0 Å². The smallest absolute Gasteiger partial charge is 0.192 e. The van der Waals surface area contributed by atoms with E-state index in [9.17, 15) is 0 Å². The maximum absolute atomic E-state index is 6.13. The van der Waals surface area contributed by atoms with Gasteiger partial charge in [-0.15, -0.1) is 0 Å². The van der Waals surface area contributed by atoms with Crippen LogP contribution in [0, 0.1) is 11.8 Å². The van der Waals surface area contributed by atoms with E-state index in [1.165, 1.54) is 56.7 Å². The zero-order chi connectivity index (χ0) is 14.7. The molecule has 0 aliphatic heterocycles. The summed E-state index contributed by atoms with van der Waals surface area (Å²) in [5, 5.41) is 0. The van der Waals surface area contributed by atoms with Crippen LogP contribution in [0.3, 0.4) is 0 Å². The summed E-state index contributed by atoms with van der Waals surface area (Å²) in [6.07, 6.45) is 8.40. The van der Waals surface area contributed by atoms with Crippen LogP contribution in [0.15, 0.2) is 0 Å². The molecule has 0 amide bonds. The fraction of sp³-hybridized carbons (Fsp3) is 1.00. The van der Waals surface area contributed by atoms with Crippen LogP contribution >= 0.6 is 0 Å².